The van der Waals surface area contributed by atoms with Crippen molar-refractivity contribution in [2.24, 2.45) is 0 Å². The number of hydrogen-bond acceptors (Lipinski definition) is 8. The Labute approximate surface area is 172 Å². The lowest BCUT2D eigenvalue weighted by Crippen LogP contribution is -2.45. The number of piperidine rings is 1. The molecule has 0 bridgehead atoms. The topological polar surface area (TPSA) is 117 Å². The van der Waals surface area contributed by atoms with Crippen molar-refractivity contribution in [3.05, 3.63) is 35.7 Å². The number of nitrogens with two attached hydrogens (primary N) is 1. The van der Waals surface area contributed by atoms with Crippen LogP contribution in [0.25, 0.3) is 0 Å². The minimum absolute atomic E-state index is 0.0347. The van der Waals surface area contributed by atoms with Crippen LogP contribution in [-0.2, 0) is 23.0 Å². The van der Waals surface area contributed by atoms with Crippen LogP contribution in [-0.4, -0.2) is 65.0 Å². The van der Waals surface area contributed by atoms with E-state index in [0.29, 0.717) is 18.3 Å². The highest BCUT2D eigenvalue weighted by Crippen LogP contribution is 2.21. The summed E-state index contributed by atoms with van der Waals surface area (Å²) in [4.78, 5) is 15.2. The Morgan fingerprint density at radius 1 is 1.21 bits per heavy atom. The zero-order valence-electron chi connectivity index (χ0n) is 17.2. The smallest absolute Gasteiger partial charge is 0.232 e. The second-order valence-corrected chi connectivity index (χ2v) is 9.40. The summed E-state index contributed by atoms with van der Waals surface area (Å²) in [5.41, 5.74) is 8.03. The van der Waals surface area contributed by atoms with Gasteiger partial charge in [0.05, 0.1) is 12.8 Å². The molecule has 1 fully saturated rings. The largest absolute Gasteiger partial charge is 0.368 e. The molecule has 0 atom stereocenters. The molecule has 1 saturated heterocycles. The first-order chi connectivity index (χ1) is 13.8. The van der Waals surface area contributed by atoms with Gasteiger partial charge in [-0.05, 0) is 30.9 Å². The molecule has 0 amide bonds. The molecule has 29 heavy (non-hydrogen) atoms. The second-order valence-electron chi connectivity index (χ2n) is 7.36. The first-order valence-corrected chi connectivity index (χ1v) is 11.6. The molecule has 9 nitrogen and oxygen atoms in total. The van der Waals surface area contributed by atoms with Crippen molar-refractivity contribution >= 4 is 27.6 Å². The van der Waals surface area contributed by atoms with Crippen molar-refractivity contribution in [1.82, 2.24) is 24.2 Å². The number of sulfonamides is 1. The number of hydrogen-bond donors (Lipinski definition) is 2. The number of aromatic nitrogens is 3. The summed E-state index contributed by atoms with van der Waals surface area (Å²) in [7, 11) is -1.52. The van der Waals surface area contributed by atoms with Crippen LogP contribution in [0.5, 0.6) is 0 Å². The Kier molecular flexibility index (Phi) is 6.66. The number of nitrogen functional groups attached to an aromatic ring is 1. The van der Waals surface area contributed by atoms with E-state index in [1.165, 1.54) is 16.1 Å². The molecule has 2 heterocycles. The van der Waals surface area contributed by atoms with Gasteiger partial charge in [-0.2, -0.15) is 15.0 Å². The van der Waals surface area contributed by atoms with Crippen LogP contribution in [0.3, 0.4) is 0 Å². The average molecular weight is 420 g/mol. The number of anilines is 3. The van der Waals surface area contributed by atoms with E-state index < -0.39 is 10.0 Å². The quantitative estimate of drug-likeness (QED) is 0.695. The molecule has 0 saturated carbocycles. The highest BCUT2D eigenvalue weighted by atomic mass is 32.2. The van der Waals surface area contributed by atoms with E-state index in [9.17, 15) is 8.42 Å². The SMILES string of the molecule is CCc1ccccc1Nc1nc(N)nc(CN2CCC(N(C)S(C)(=O)=O)CC2)n1. The van der Waals surface area contributed by atoms with E-state index in [2.05, 4.69) is 38.2 Å². The highest BCUT2D eigenvalue weighted by Gasteiger charge is 2.27. The Balaban J connectivity index is 1.65. The number of nitrogens with zero attached hydrogens (tertiary/aromatic N) is 5. The first kappa shape index (κ1) is 21.4. The minimum Gasteiger partial charge on any atom is -0.368 e. The molecule has 1 aromatic heterocycles. The van der Waals surface area contributed by atoms with Crippen LogP contribution < -0.4 is 11.1 Å². The molecule has 0 spiro atoms. The van der Waals surface area contributed by atoms with Crippen LogP contribution >= 0.6 is 0 Å². The normalized spacial score (nSPS) is 16.3. The fourth-order valence-corrected chi connectivity index (χ4v) is 4.30. The second kappa shape index (κ2) is 9.02. The Bertz CT molecular complexity index is 943. The van der Waals surface area contributed by atoms with Gasteiger partial charge < -0.3 is 11.1 Å². The summed E-state index contributed by atoms with van der Waals surface area (Å²) < 4.78 is 24.9. The molecule has 1 aromatic carbocycles. The third-order valence-corrected chi connectivity index (χ3v) is 6.65. The van der Waals surface area contributed by atoms with E-state index in [0.717, 1.165) is 38.0 Å². The summed E-state index contributed by atoms with van der Waals surface area (Å²) in [5, 5.41) is 3.25. The van der Waals surface area contributed by atoms with E-state index in [1.54, 1.807) is 7.05 Å². The van der Waals surface area contributed by atoms with Gasteiger partial charge in [0.2, 0.25) is 21.9 Å². The van der Waals surface area contributed by atoms with Gasteiger partial charge in [-0.1, -0.05) is 25.1 Å². The molecule has 158 valence electrons. The third-order valence-electron chi connectivity index (χ3n) is 5.30. The maximum atomic E-state index is 11.7. The highest BCUT2D eigenvalue weighted by molar-refractivity contribution is 7.88. The van der Waals surface area contributed by atoms with Crippen LogP contribution in [0, 0.1) is 0 Å². The van der Waals surface area contributed by atoms with Crippen molar-refractivity contribution in [3.63, 3.8) is 0 Å². The zero-order chi connectivity index (χ0) is 21.0. The molecule has 0 radical (unpaired) electrons. The van der Waals surface area contributed by atoms with E-state index in [4.69, 9.17) is 5.73 Å². The van der Waals surface area contributed by atoms with Crippen molar-refractivity contribution in [2.75, 3.05) is 37.4 Å². The number of nitrogens with one attached hydrogen (secondary N) is 1. The monoisotopic (exact) mass is 419 g/mol. The maximum absolute atomic E-state index is 11.7. The number of benzene rings is 1. The van der Waals surface area contributed by atoms with Crippen LogP contribution in [0.4, 0.5) is 17.6 Å². The van der Waals surface area contributed by atoms with Crippen molar-refractivity contribution in [1.29, 1.82) is 0 Å². The Morgan fingerprint density at radius 3 is 2.55 bits per heavy atom. The number of rotatable bonds is 7. The summed E-state index contributed by atoms with van der Waals surface area (Å²) in [5.74, 6) is 1.21. The molecule has 2 aromatic rings. The van der Waals surface area contributed by atoms with Gasteiger partial charge in [0.1, 0.15) is 5.82 Å². The summed E-state index contributed by atoms with van der Waals surface area (Å²) in [6.07, 6.45) is 3.70. The van der Waals surface area contributed by atoms with Crippen LogP contribution in [0.15, 0.2) is 24.3 Å². The molecule has 0 unspecified atom stereocenters. The number of para-hydroxylation sites is 1. The van der Waals surface area contributed by atoms with Gasteiger partial charge in [0.25, 0.3) is 0 Å². The molecule has 0 aliphatic carbocycles. The summed E-state index contributed by atoms with van der Waals surface area (Å²) >= 11 is 0. The van der Waals surface area contributed by atoms with Crippen LogP contribution in [0.1, 0.15) is 31.2 Å². The Morgan fingerprint density at radius 2 is 1.90 bits per heavy atom. The number of likely N-dealkylation sites (tertiary alicyclic amines) is 1. The lowest BCUT2D eigenvalue weighted by Gasteiger charge is -2.35. The molecule has 3 rings (SSSR count). The Hall–Kier alpha value is -2.30. The molecule has 1 aliphatic rings. The van der Waals surface area contributed by atoms with Crippen molar-refractivity contribution in [3.8, 4) is 0 Å². The van der Waals surface area contributed by atoms with Gasteiger partial charge in [0, 0.05) is 31.9 Å². The van der Waals surface area contributed by atoms with E-state index in [1.807, 2.05) is 18.2 Å². The van der Waals surface area contributed by atoms with Gasteiger partial charge in [-0.25, -0.2) is 12.7 Å². The molecule has 1 aliphatic heterocycles. The lowest BCUT2D eigenvalue weighted by molar-refractivity contribution is 0.161. The van der Waals surface area contributed by atoms with Gasteiger partial charge >= 0.3 is 0 Å². The molecule has 10 heteroatoms. The van der Waals surface area contributed by atoms with Gasteiger partial charge in [0.15, 0.2) is 0 Å². The number of aryl methyl sites for hydroxylation is 1. The fraction of sp³-hybridized carbons (Fsp3) is 0.526. The third kappa shape index (κ3) is 5.62. The van der Waals surface area contributed by atoms with Gasteiger partial charge in [-0.3, -0.25) is 4.90 Å². The molecule has 3 N–H and O–H groups in total. The van der Waals surface area contributed by atoms with Gasteiger partial charge in [-0.15, -0.1) is 0 Å². The van der Waals surface area contributed by atoms with E-state index >= 15 is 0 Å². The molecular weight excluding hydrogens is 390 g/mol. The zero-order valence-corrected chi connectivity index (χ0v) is 18.0. The van der Waals surface area contributed by atoms with Crippen LogP contribution in [0.2, 0.25) is 0 Å². The fourth-order valence-electron chi connectivity index (χ4n) is 3.55. The van der Waals surface area contributed by atoms with Crippen molar-refractivity contribution < 1.29 is 8.42 Å². The average Bonchev–Trinajstić information content (AvgIpc) is 2.67. The summed E-state index contributed by atoms with van der Waals surface area (Å²) in [6.45, 7) is 4.19. The lowest BCUT2D eigenvalue weighted by atomic mass is 10.1. The summed E-state index contributed by atoms with van der Waals surface area (Å²) in [6, 6.07) is 8.05. The molecular formula is C19H29N7O2S. The standard InChI is InChI=1S/C19H29N7O2S/c1-4-14-7-5-6-8-16(14)21-19-23-17(22-18(20)24-19)13-26-11-9-15(10-12-26)25(2)29(3,27)28/h5-8,15H,4,9-13H2,1-3H3,(H3,20,21,22,23,24). The van der Waals surface area contributed by atoms with E-state index in [-0.39, 0.29) is 12.0 Å². The first-order valence-electron chi connectivity index (χ1n) is 9.77. The minimum atomic E-state index is -3.17. The predicted octanol–water partition coefficient (Wildman–Crippen LogP) is 1.62. The maximum Gasteiger partial charge on any atom is 0.232 e. The van der Waals surface area contributed by atoms with Crippen molar-refractivity contribution in [2.45, 2.75) is 38.8 Å². The predicted molar refractivity (Wildman–Crippen MR) is 114 cm³/mol.